The average Bonchev–Trinajstić information content (AvgIpc) is 2.38. The van der Waals surface area contributed by atoms with Crippen molar-refractivity contribution in [2.75, 3.05) is 18.9 Å². The molecule has 0 aliphatic carbocycles. The highest BCUT2D eigenvalue weighted by Gasteiger charge is 2.19. The Labute approximate surface area is 112 Å². The molecule has 0 aliphatic heterocycles. The summed E-state index contributed by atoms with van der Waals surface area (Å²) in [6.07, 6.45) is 0. The number of benzene rings is 1. The van der Waals surface area contributed by atoms with Gasteiger partial charge in [0.25, 0.3) is 5.69 Å². The number of likely N-dealkylation sites (N-methyl/N-ethyl adjacent to an activating group) is 1. The van der Waals surface area contributed by atoms with Crippen LogP contribution in [0.3, 0.4) is 0 Å². The molecule has 0 saturated carbocycles. The molecule has 19 heavy (non-hydrogen) atoms. The molecular weight excluding hydrogens is 246 g/mol. The molecule has 0 heterocycles. The molecule has 1 unspecified atom stereocenters. The van der Waals surface area contributed by atoms with E-state index in [4.69, 9.17) is 0 Å². The van der Waals surface area contributed by atoms with Crippen molar-refractivity contribution in [3.63, 3.8) is 0 Å². The first-order valence-electron chi connectivity index (χ1n) is 6.14. The molecule has 1 atom stereocenters. The fraction of sp³-hybridized carbons (Fsp3) is 0.462. The van der Waals surface area contributed by atoms with E-state index in [0.717, 1.165) is 0 Å². The molecule has 1 amide bonds. The van der Waals surface area contributed by atoms with Crippen LogP contribution in [0, 0.1) is 17.0 Å². The van der Waals surface area contributed by atoms with Gasteiger partial charge in [0, 0.05) is 30.9 Å². The predicted molar refractivity (Wildman–Crippen MR) is 74.2 cm³/mol. The van der Waals surface area contributed by atoms with Gasteiger partial charge in [0.1, 0.15) is 6.04 Å². The van der Waals surface area contributed by atoms with Gasteiger partial charge in [-0.1, -0.05) is 6.07 Å². The molecule has 0 aliphatic rings. The third-order valence-corrected chi connectivity index (χ3v) is 3.09. The van der Waals surface area contributed by atoms with Crippen LogP contribution in [0.1, 0.15) is 19.4 Å². The van der Waals surface area contributed by atoms with Crippen LogP contribution in [0.15, 0.2) is 18.2 Å². The van der Waals surface area contributed by atoms with E-state index in [1.165, 1.54) is 6.07 Å². The normalized spacial score (nSPS) is 11.8. The van der Waals surface area contributed by atoms with Gasteiger partial charge in [0.05, 0.1) is 4.92 Å². The van der Waals surface area contributed by atoms with Crippen molar-refractivity contribution in [1.82, 2.24) is 4.90 Å². The Kier molecular flexibility index (Phi) is 4.86. The molecule has 104 valence electrons. The molecule has 0 bridgehead atoms. The van der Waals surface area contributed by atoms with Gasteiger partial charge < -0.3 is 10.2 Å². The summed E-state index contributed by atoms with van der Waals surface area (Å²) in [6, 6.07) is 4.36. The van der Waals surface area contributed by atoms with Gasteiger partial charge >= 0.3 is 0 Å². The van der Waals surface area contributed by atoms with Crippen molar-refractivity contribution in [2.45, 2.75) is 26.8 Å². The zero-order valence-corrected chi connectivity index (χ0v) is 11.6. The fourth-order valence-corrected chi connectivity index (χ4v) is 1.76. The standard InChI is InChI=1S/C13H19N3O3/c1-5-15(4)13(17)10(3)14-11-7-6-8-12(9(11)2)16(18)19/h6-8,10,14H,5H2,1-4H3. The summed E-state index contributed by atoms with van der Waals surface area (Å²) in [5.74, 6) is -0.0478. The Morgan fingerprint density at radius 3 is 2.68 bits per heavy atom. The summed E-state index contributed by atoms with van der Waals surface area (Å²) in [5.41, 5.74) is 1.19. The highest BCUT2D eigenvalue weighted by atomic mass is 16.6. The predicted octanol–water partition coefficient (Wildman–Crippen LogP) is 2.18. The number of nitro benzene ring substituents is 1. The maximum Gasteiger partial charge on any atom is 0.274 e. The molecule has 1 aromatic rings. The Morgan fingerprint density at radius 2 is 2.16 bits per heavy atom. The van der Waals surface area contributed by atoms with Crippen LogP contribution in [0.25, 0.3) is 0 Å². The molecule has 6 heteroatoms. The first-order valence-corrected chi connectivity index (χ1v) is 6.14. The summed E-state index contributed by atoms with van der Waals surface area (Å²) >= 11 is 0. The number of hydrogen-bond acceptors (Lipinski definition) is 4. The van der Waals surface area contributed by atoms with Crippen LogP contribution >= 0.6 is 0 Å². The molecule has 6 nitrogen and oxygen atoms in total. The summed E-state index contributed by atoms with van der Waals surface area (Å²) in [4.78, 5) is 24.0. The monoisotopic (exact) mass is 265 g/mol. The molecule has 1 rings (SSSR count). The van der Waals surface area contributed by atoms with Crippen LogP contribution in [0.2, 0.25) is 0 Å². The lowest BCUT2D eigenvalue weighted by Crippen LogP contribution is -2.38. The molecule has 0 radical (unpaired) electrons. The highest BCUT2D eigenvalue weighted by Crippen LogP contribution is 2.25. The largest absolute Gasteiger partial charge is 0.373 e. The Hall–Kier alpha value is -2.11. The van der Waals surface area contributed by atoms with Crippen LogP contribution in [0.4, 0.5) is 11.4 Å². The van der Waals surface area contributed by atoms with E-state index in [1.807, 2.05) is 6.92 Å². The molecule has 1 aromatic carbocycles. The fourth-order valence-electron chi connectivity index (χ4n) is 1.76. The van der Waals surface area contributed by atoms with Crippen LogP contribution < -0.4 is 5.32 Å². The molecular formula is C13H19N3O3. The van der Waals surface area contributed by atoms with Crippen molar-refractivity contribution in [3.05, 3.63) is 33.9 Å². The lowest BCUT2D eigenvalue weighted by Gasteiger charge is -2.22. The number of carbonyl (C=O) groups is 1. The number of nitrogens with zero attached hydrogens (tertiary/aromatic N) is 2. The third-order valence-electron chi connectivity index (χ3n) is 3.09. The second-order valence-corrected chi connectivity index (χ2v) is 4.43. The Bertz CT molecular complexity index is 488. The number of carbonyl (C=O) groups excluding carboxylic acids is 1. The van der Waals surface area contributed by atoms with E-state index in [0.29, 0.717) is 17.8 Å². The summed E-state index contributed by atoms with van der Waals surface area (Å²) in [6.45, 7) is 5.93. The smallest absolute Gasteiger partial charge is 0.274 e. The highest BCUT2D eigenvalue weighted by molar-refractivity contribution is 5.84. The first-order chi connectivity index (χ1) is 8.88. The maximum atomic E-state index is 11.9. The molecule has 0 aromatic heterocycles. The minimum absolute atomic E-state index is 0.0478. The molecule has 0 saturated heterocycles. The van der Waals surface area contributed by atoms with E-state index in [9.17, 15) is 14.9 Å². The molecule has 0 fully saturated rings. The van der Waals surface area contributed by atoms with Gasteiger partial charge in [-0.15, -0.1) is 0 Å². The van der Waals surface area contributed by atoms with Gasteiger partial charge in [-0.25, -0.2) is 0 Å². The van der Waals surface area contributed by atoms with Crippen molar-refractivity contribution < 1.29 is 9.72 Å². The lowest BCUT2D eigenvalue weighted by molar-refractivity contribution is -0.385. The number of anilines is 1. The van der Waals surface area contributed by atoms with Gasteiger partial charge in [0.2, 0.25) is 5.91 Å². The SMILES string of the molecule is CCN(C)C(=O)C(C)Nc1cccc([N+](=O)[O-])c1C. The van der Waals surface area contributed by atoms with E-state index >= 15 is 0 Å². The van der Waals surface area contributed by atoms with Gasteiger partial charge in [-0.05, 0) is 26.8 Å². The second kappa shape index (κ2) is 6.17. The number of nitrogens with one attached hydrogen (secondary N) is 1. The summed E-state index contributed by atoms with van der Waals surface area (Å²) in [5, 5.41) is 13.9. The molecule has 0 spiro atoms. The third kappa shape index (κ3) is 3.43. The Morgan fingerprint density at radius 1 is 1.53 bits per heavy atom. The minimum Gasteiger partial charge on any atom is -0.373 e. The number of nitro groups is 1. The lowest BCUT2D eigenvalue weighted by atomic mass is 10.1. The van der Waals surface area contributed by atoms with Gasteiger partial charge in [0.15, 0.2) is 0 Å². The van der Waals surface area contributed by atoms with Crippen molar-refractivity contribution in [1.29, 1.82) is 0 Å². The van der Waals surface area contributed by atoms with E-state index in [2.05, 4.69) is 5.32 Å². The quantitative estimate of drug-likeness (QED) is 0.654. The molecule has 1 N–H and O–H groups in total. The van der Waals surface area contributed by atoms with Crippen molar-refractivity contribution in [3.8, 4) is 0 Å². The van der Waals surface area contributed by atoms with E-state index < -0.39 is 11.0 Å². The van der Waals surface area contributed by atoms with Crippen LogP contribution in [-0.4, -0.2) is 35.4 Å². The first kappa shape index (κ1) is 14.9. The zero-order chi connectivity index (χ0) is 14.6. The summed E-state index contributed by atoms with van der Waals surface area (Å²) in [7, 11) is 1.72. The van der Waals surface area contributed by atoms with Gasteiger partial charge in [-0.3, -0.25) is 14.9 Å². The van der Waals surface area contributed by atoms with E-state index in [1.54, 1.807) is 37.9 Å². The minimum atomic E-state index is -0.425. The maximum absolute atomic E-state index is 11.9. The average molecular weight is 265 g/mol. The van der Waals surface area contributed by atoms with Crippen molar-refractivity contribution in [2.24, 2.45) is 0 Å². The van der Waals surface area contributed by atoms with Gasteiger partial charge in [-0.2, -0.15) is 0 Å². The van der Waals surface area contributed by atoms with Crippen LogP contribution in [-0.2, 0) is 4.79 Å². The van der Waals surface area contributed by atoms with E-state index in [-0.39, 0.29) is 11.6 Å². The number of amides is 1. The number of hydrogen-bond donors (Lipinski definition) is 1. The summed E-state index contributed by atoms with van der Waals surface area (Å²) < 4.78 is 0. The number of rotatable bonds is 5. The van der Waals surface area contributed by atoms with Crippen molar-refractivity contribution >= 4 is 17.3 Å². The topological polar surface area (TPSA) is 75.5 Å². The second-order valence-electron chi connectivity index (χ2n) is 4.43. The van der Waals surface area contributed by atoms with Crippen LogP contribution in [0.5, 0.6) is 0 Å². The Balaban J connectivity index is 2.91. The zero-order valence-electron chi connectivity index (χ0n) is 11.6.